The van der Waals surface area contributed by atoms with Gasteiger partial charge in [0.1, 0.15) is 9.84 Å². The van der Waals surface area contributed by atoms with Crippen LogP contribution in [0.25, 0.3) is 0 Å². The van der Waals surface area contributed by atoms with Gasteiger partial charge >= 0.3 is 0 Å². The molecule has 0 aromatic rings. The Bertz CT molecular complexity index is 413. The maximum Gasteiger partial charge on any atom is 0.153 e. The molecule has 88 valence electrons. The van der Waals surface area contributed by atoms with Gasteiger partial charge in [0.2, 0.25) is 0 Å². The number of rotatable bonds is 2. The fourth-order valence-electron chi connectivity index (χ4n) is 2.05. The quantitative estimate of drug-likeness (QED) is 0.679. The maximum atomic E-state index is 11.1. The SMILES string of the molecule is O=S1(=O)CCC(NC2CS(=O)(=O)C2)CC1. The second-order valence-corrected chi connectivity index (χ2v) is 8.82. The molecule has 0 atom stereocenters. The fourth-order valence-corrected chi connectivity index (χ4v) is 4.86. The van der Waals surface area contributed by atoms with Gasteiger partial charge in [0, 0.05) is 12.1 Å². The average molecular weight is 253 g/mol. The van der Waals surface area contributed by atoms with E-state index in [-0.39, 0.29) is 35.1 Å². The first-order valence-corrected chi connectivity index (χ1v) is 8.67. The van der Waals surface area contributed by atoms with E-state index in [4.69, 9.17) is 0 Å². The molecule has 0 amide bonds. The number of hydrogen-bond acceptors (Lipinski definition) is 5. The number of nitrogens with one attached hydrogen (secondary N) is 1. The van der Waals surface area contributed by atoms with Crippen molar-refractivity contribution in [3.8, 4) is 0 Å². The van der Waals surface area contributed by atoms with Crippen LogP contribution < -0.4 is 5.32 Å². The van der Waals surface area contributed by atoms with Crippen LogP contribution in [0.1, 0.15) is 12.8 Å². The van der Waals surface area contributed by atoms with Crippen LogP contribution >= 0.6 is 0 Å². The van der Waals surface area contributed by atoms with E-state index < -0.39 is 19.7 Å². The van der Waals surface area contributed by atoms with Gasteiger partial charge in [0.05, 0.1) is 23.0 Å². The van der Waals surface area contributed by atoms with Gasteiger partial charge in [-0.05, 0) is 12.8 Å². The molecular weight excluding hydrogens is 238 g/mol. The lowest BCUT2D eigenvalue weighted by atomic mass is 10.1. The minimum absolute atomic E-state index is 0.0424. The lowest BCUT2D eigenvalue weighted by Gasteiger charge is -2.32. The molecule has 0 bridgehead atoms. The molecular formula is C8H15NO4S2. The summed E-state index contributed by atoms with van der Waals surface area (Å²) in [6.45, 7) is 0. The molecule has 0 radical (unpaired) electrons. The summed E-state index contributed by atoms with van der Waals surface area (Å²) >= 11 is 0. The third-order valence-corrected chi connectivity index (χ3v) is 6.47. The van der Waals surface area contributed by atoms with Crippen LogP contribution in [0, 0.1) is 0 Å². The Hall–Kier alpha value is -0.140. The first kappa shape index (κ1) is 11.3. The van der Waals surface area contributed by atoms with E-state index >= 15 is 0 Å². The zero-order valence-corrected chi connectivity index (χ0v) is 9.98. The molecule has 2 heterocycles. The lowest BCUT2D eigenvalue weighted by molar-refractivity contribution is 0.411. The van der Waals surface area contributed by atoms with Crippen LogP contribution in [0.15, 0.2) is 0 Å². The average Bonchev–Trinajstić information content (AvgIpc) is 2.05. The van der Waals surface area contributed by atoms with Crippen LogP contribution in [-0.4, -0.2) is 51.9 Å². The molecule has 2 aliphatic rings. The molecule has 0 unspecified atom stereocenters. The third kappa shape index (κ3) is 2.92. The minimum atomic E-state index is -2.82. The van der Waals surface area contributed by atoms with Gasteiger partial charge < -0.3 is 5.32 Å². The van der Waals surface area contributed by atoms with Crippen molar-refractivity contribution >= 4 is 19.7 Å². The number of sulfone groups is 2. The summed E-state index contributed by atoms with van der Waals surface area (Å²) in [6.07, 6.45) is 1.22. The van der Waals surface area contributed by atoms with Crippen molar-refractivity contribution in [2.45, 2.75) is 24.9 Å². The van der Waals surface area contributed by atoms with E-state index in [0.717, 1.165) is 0 Å². The lowest BCUT2D eigenvalue weighted by Crippen LogP contribution is -2.55. The van der Waals surface area contributed by atoms with Crippen molar-refractivity contribution in [3.63, 3.8) is 0 Å². The normalized spacial score (nSPS) is 30.9. The standard InChI is InChI=1S/C8H15NO4S2/c10-14(11)3-1-7(2-4-14)9-8-5-15(12,13)6-8/h7-9H,1-6H2. The molecule has 5 nitrogen and oxygen atoms in total. The van der Waals surface area contributed by atoms with Gasteiger partial charge in [-0.25, -0.2) is 16.8 Å². The molecule has 0 aromatic carbocycles. The summed E-state index contributed by atoms with van der Waals surface area (Å²) in [5.41, 5.74) is 0. The van der Waals surface area contributed by atoms with Crippen LogP contribution in [-0.2, 0) is 19.7 Å². The summed E-state index contributed by atoms with van der Waals surface area (Å²) in [5.74, 6) is 0.862. The van der Waals surface area contributed by atoms with Gasteiger partial charge in [-0.3, -0.25) is 0 Å². The second kappa shape index (κ2) is 3.71. The van der Waals surface area contributed by atoms with Crippen molar-refractivity contribution in [2.24, 2.45) is 0 Å². The van der Waals surface area contributed by atoms with Gasteiger partial charge in [-0.15, -0.1) is 0 Å². The van der Waals surface area contributed by atoms with Crippen LogP contribution in [0.2, 0.25) is 0 Å². The highest BCUT2D eigenvalue weighted by molar-refractivity contribution is 7.93. The Kier molecular flexibility index (Phi) is 2.81. The van der Waals surface area contributed by atoms with Gasteiger partial charge in [0.15, 0.2) is 9.84 Å². The van der Waals surface area contributed by atoms with E-state index in [1.807, 2.05) is 0 Å². The first-order valence-electron chi connectivity index (χ1n) is 5.03. The van der Waals surface area contributed by atoms with Crippen LogP contribution in [0.3, 0.4) is 0 Å². The van der Waals surface area contributed by atoms with E-state index in [2.05, 4.69) is 5.32 Å². The molecule has 0 aliphatic carbocycles. The van der Waals surface area contributed by atoms with Gasteiger partial charge in [-0.2, -0.15) is 0 Å². The van der Waals surface area contributed by atoms with Gasteiger partial charge in [-0.1, -0.05) is 0 Å². The monoisotopic (exact) mass is 253 g/mol. The van der Waals surface area contributed by atoms with Crippen molar-refractivity contribution in [1.29, 1.82) is 0 Å². The summed E-state index contributed by atoms with van der Waals surface area (Å²) in [4.78, 5) is 0. The molecule has 2 fully saturated rings. The Balaban J connectivity index is 1.79. The van der Waals surface area contributed by atoms with E-state index in [0.29, 0.717) is 12.8 Å². The zero-order chi connectivity index (χ0) is 11.1. The zero-order valence-electron chi connectivity index (χ0n) is 8.35. The number of hydrogen-bond donors (Lipinski definition) is 1. The fraction of sp³-hybridized carbons (Fsp3) is 1.00. The Morgan fingerprint density at radius 1 is 0.800 bits per heavy atom. The van der Waals surface area contributed by atoms with Gasteiger partial charge in [0.25, 0.3) is 0 Å². The van der Waals surface area contributed by atoms with Crippen molar-refractivity contribution < 1.29 is 16.8 Å². The van der Waals surface area contributed by atoms with Crippen molar-refractivity contribution in [3.05, 3.63) is 0 Å². The summed E-state index contributed by atoms with van der Waals surface area (Å²) in [7, 11) is -5.61. The Morgan fingerprint density at radius 3 is 1.80 bits per heavy atom. The predicted molar refractivity (Wildman–Crippen MR) is 57.3 cm³/mol. The second-order valence-electron chi connectivity index (χ2n) is 4.37. The molecule has 7 heteroatoms. The van der Waals surface area contributed by atoms with Crippen molar-refractivity contribution in [1.82, 2.24) is 5.32 Å². The first-order chi connectivity index (χ1) is 6.86. The summed E-state index contributed by atoms with van der Waals surface area (Å²) < 4.78 is 44.1. The summed E-state index contributed by atoms with van der Waals surface area (Å²) in [6, 6.07) is 0.217. The molecule has 15 heavy (non-hydrogen) atoms. The Labute approximate surface area is 90.1 Å². The largest absolute Gasteiger partial charge is 0.309 e. The van der Waals surface area contributed by atoms with E-state index in [1.165, 1.54) is 0 Å². The van der Waals surface area contributed by atoms with E-state index in [9.17, 15) is 16.8 Å². The maximum absolute atomic E-state index is 11.1. The topological polar surface area (TPSA) is 80.3 Å². The van der Waals surface area contributed by atoms with Crippen molar-refractivity contribution in [2.75, 3.05) is 23.0 Å². The Morgan fingerprint density at radius 2 is 1.33 bits per heavy atom. The molecule has 1 N–H and O–H groups in total. The van der Waals surface area contributed by atoms with Crippen LogP contribution in [0.4, 0.5) is 0 Å². The molecule has 2 rings (SSSR count). The molecule has 0 spiro atoms. The highest BCUT2D eigenvalue weighted by Crippen LogP contribution is 2.16. The molecule has 2 saturated heterocycles. The third-order valence-electron chi connectivity index (χ3n) is 2.94. The highest BCUT2D eigenvalue weighted by atomic mass is 32.2. The van der Waals surface area contributed by atoms with E-state index in [1.54, 1.807) is 0 Å². The molecule has 0 saturated carbocycles. The summed E-state index contributed by atoms with van der Waals surface area (Å²) in [5, 5.41) is 3.21. The predicted octanol–water partition coefficient (Wildman–Crippen LogP) is -1.05. The molecule has 0 aromatic heterocycles. The highest BCUT2D eigenvalue weighted by Gasteiger charge is 2.35. The molecule has 2 aliphatic heterocycles. The van der Waals surface area contributed by atoms with Crippen LogP contribution in [0.5, 0.6) is 0 Å². The minimum Gasteiger partial charge on any atom is -0.309 e. The smallest absolute Gasteiger partial charge is 0.153 e.